The summed E-state index contributed by atoms with van der Waals surface area (Å²) in [6, 6.07) is 0.712. The average molecular weight is 474 g/mol. The van der Waals surface area contributed by atoms with Crippen LogP contribution >= 0.6 is 0 Å². The number of hydrogen-bond donors (Lipinski definition) is 1. The number of allylic oxidation sites excluding steroid dienone is 1. The lowest BCUT2D eigenvalue weighted by atomic mass is 9.45. The van der Waals surface area contributed by atoms with Gasteiger partial charge in [0.2, 0.25) is 0 Å². The third kappa shape index (κ3) is 6.72. The van der Waals surface area contributed by atoms with E-state index in [1.165, 1.54) is 77.0 Å². The molecule has 0 aromatic heterocycles. The number of nitrogens with one attached hydrogen (secondary N) is 1. The van der Waals surface area contributed by atoms with Gasteiger partial charge in [0.25, 0.3) is 0 Å². The van der Waals surface area contributed by atoms with Crippen LogP contribution in [0.15, 0.2) is 11.6 Å². The summed E-state index contributed by atoms with van der Waals surface area (Å²) in [5.41, 5.74) is 2.83. The van der Waals surface area contributed by atoms with Gasteiger partial charge in [-0.05, 0) is 98.3 Å². The molecule has 0 saturated heterocycles. The van der Waals surface area contributed by atoms with Gasteiger partial charge in [0.15, 0.2) is 0 Å². The Hall–Kier alpha value is -0.300. The van der Waals surface area contributed by atoms with E-state index in [0.29, 0.717) is 16.9 Å². The summed E-state index contributed by atoms with van der Waals surface area (Å²) >= 11 is 0. The second-order valence-corrected chi connectivity index (χ2v) is 13.7. The lowest BCUT2D eigenvalue weighted by molar-refractivity contribution is -0.0732. The molecule has 1 N–H and O–H groups in total. The Labute approximate surface area is 215 Å². The molecule has 0 aromatic carbocycles. The molecule has 3 rings (SSSR count). The first-order chi connectivity index (χ1) is 16.1. The quantitative estimate of drug-likeness (QED) is 0.328. The monoisotopic (exact) mass is 473 g/mol. The van der Waals surface area contributed by atoms with Crippen molar-refractivity contribution in [2.75, 3.05) is 7.05 Å². The van der Waals surface area contributed by atoms with Gasteiger partial charge in [-0.15, -0.1) is 0 Å². The van der Waals surface area contributed by atoms with Crippen molar-refractivity contribution in [1.29, 1.82) is 0 Å². The van der Waals surface area contributed by atoms with Crippen LogP contribution < -0.4 is 5.32 Å². The van der Waals surface area contributed by atoms with Gasteiger partial charge < -0.3 is 5.32 Å². The summed E-state index contributed by atoms with van der Waals surface area (Å²) < 4.78 is 0. The smallest absolute Gasteiger partial charge is 0.0102 e. The molecule has 1 heteroatoms. The van der Waals surface area contributed by atoms with Gasteiger partial charge in [0.05, 0.1) is 0 Å². The van der Waals surface area contributed by atoms with E-state index >= 15 is 0 Å². The molecule has 1 nitrogen and oxygen atoms in total. The number of fused-ring (bicyclic) bond motifs is 3. The van der Waals surface area contributed by atoms with Crippen LogP contribution in [-0.2, 0) is 0 Å². The van der Waals surface area contributed by atoms with Crippen molar-refractivity contribution in [3.05, 3.63) is 11.6 Å². The minimum atomic E-state index is 0.485. The van der Waals surface area contributed by atoms with E-state index in [1.54, 1.807) is 0 Å². The van der Waals surface area contributed by atoms with Gasteiger partial charge in [-0.2, -0.15) is 0 Å². The second kappa shape index (κ2) is 13.3. The first kappa shape index (κ1) is 29.9. The molecule has 0 spiro atoms. The van der Waals surface area contributed by atoms with Gasteiger partial charge in [-0.3, -0.25) is 0 Å². The van der Waals surface area contributed by atoms with E-state index in [2.05, 4.69) is 80.8 Å². The van der Waals surface area contributed by atoms with Crippen LogP contribution in [0, 0.1) is 46.3 Å². The van der Waals surface area contributed by atoms with E-state index in [0.717, 1.165) is 35.5 Å². The predicted octanol–water partition coefficient (Wildman–Crippen LogP) is 10.1. The van der Waals surface area contributed by atoms with Crippen molar-refractivity contribution < 1.29 is 0 Å². The maximum absolute atomic E-state index is 3.57. The Morgan fingerprint density at radius 1 is 1.00 bits per heavy atom. The van der Waals surface area contributed by atoms with Crippen molar-refractivity contribution in [3.8, 4) is 0 Å². The summed E-state index contributed by atoms with van der Waals surface area (Å²) in [6.45, 7) is 22.0. The molecule has 2 fully saturated rings. The first-order valence-corrected chi connectivity index (χ1v) is 15.4. The van der Waals surface area contributed by atoms with Gasteiger partial charge in [0, 0.05) is 6.04 Å². The summed E-state index contributed by atoms with van der Waals surface area (Å²) in [6.07, 6.45) is 19.4. The molecule has 2 saturated carbocycles. The number of hydrogen-bond acceptors (Lipinski definition) is 1. The molecule has 0 aromatic rings. The highest BCUT2D eigenvalue weighted by Crippen LogP contribution is 2.63. The third-order valence-corrected chi connectivity index (χ3v) is 10.7. The maximum atomic E-state index is 3.57. The lowest BCUT2D eigenvalue weighted by Gasteiger charge is -2.60. The molecule has 0 heterocycles. The van der Waals surface area contributed by atoms with Crippen LogP contribution in [0.3, 0.4) is 0 Å². The van der Waals surface area contributed by atoms with Crippen molar-refractivity contribution in [2.24, 2.45) is 46.3 Å². The van der Waals surface area contributed by atoms with Crippen molar-refractivity contribution in [3.63, 3.8) is 0 Å². The van der Waals surface area contributed by atoms with Crippen LogP contribution in [0.4, 0.5) is 0 Å². The summed E-state index contributed by atoms with van der Waals surface area (Å²) in [4.78, 5) is 0. The zero-order valence-corrected chi connectivity index (χ0v) is 25.1. The predicted molar refractivity (Wildman–Crippen MR) is 153 cm³/mol. The highest BCUT2D eigenvalue weighted by Gasteiger charge is 2.55. The topological polar surface area (TPSA) is 12.0 Å². The van der Waals surface area contributed by atoms with E-state index in [1.807, 2.05) is 5.57 Å². The number of rotatable bonds is 9. The summed E-state index contributed by atoms with van der Waals surface area (Å²) in [5, 5.41) is 3.57. The van der Waals surface area contributed by atoms with Crippen molar-refractivity contribution in [2.45, 2.75) is 145 Å². The van der Waals surface area contributed by atoms with Gasteiger partial charge in [-0.25, -0.2) is 0 Å². The Kier molecular flexibility index (Phi) is 11.7. The molecule has 200 valence electrons. The maximum Gasteiger partial charge on any atom is 0.0102 e. The van der Waals surface area contributed by atoms with Crippen molar-refractivity contribution >= 4 is 0 Å². The normalized spacial score (nSPS) is 37.1. The Morgan fingerprint density at radius 2 is 1.68 bits per heavy atom. The Bertz CT molecular complexity index is 620. The molecular weight excluding hydrogens is 410 g/mol. The van der Waals surface area contributed by atoms with E-state index in [-0.39, 0.29) is 0 Å². The second-order valence-electron chi connectivity index (χ2n) is 13.7. The molecule has 0 radical (unpaired) electrons. The van der Waals surface area contributed by atoms with Crippen LogP contribution in [-0.4, -0.2) is 13.1 Å². The summed E-state index contributed by atoms with van der Waals surface area (Å²) in [7, 11) is 2.16. The molecule has 34 heavy (non-hydrogen) atoms. The molecule has 3 aliphatic carbocycles. The van der Waals surface area contributed by atoms with Gasteiger partial charge in [0.1, 0.15) is 0 Å². The standard InChI is InChI=1S/C30H55N.C3H8/c1-9-27-26-14-13-24-20-25(31-8)15-17-30(24,7)28(26)16-18-29(27,6)23(5)19-22(4)12-10-11-21(2)3;1-3-2/h13,21-23,25-28,31H,9-12,14-20H2,1-8H3;3H2,1-2H3/t22?,23?,25?,26?,27-,28-,29?,30?;/m0./s1. The molecule has 0 amide bonds. The van der Waals surface area contributed by atoms with E-state index in [4.69, 9.17) is 0 Å². The van der Waals surface area contributed by atoms with Crippen LogP contribution in [0.1, 0.15) is 139 Å². The van der Waals surface area contributed by atoms with Crippen LogP contribution in [0.25, 0.3) is 0 Å². The van der Waals surface area contributed by atoms with Gasteiger partial charge in [-0.1, -0.05) is 106 Å². The zero-order chi connectivity index (χ0) is 25.5. The molecule has 0 bridgehead atoms. The molecule has 8 atom stereocenters. The van der Waals surface area contributed by atoms with Crippen LogP contribution in [0.5, 0.6) is 0 Å². The van der Waals surface area contributed by atoms with E-state index in [9.17, 15) is 0 Å². The molecule has 6 unspecified atom stereocenters. The zero-order valence-electron chi connectivity index (χ0n) is 25.1. The average Bonchev–Trinajstić information content (AvgIpc) is 2.78. The fraction of sp³-hybridized carbons (Fsp3) is 0.939. The third-order valence-electron chi connectivity index (χ3n) is 10.7. The van der Waals surface area contributed by atoms with Crippen LogP contribution in [0.2, 0.25) is 0 Å². The Morgan fingerprint density at radius 3 is 2.26 bits per heavy atom. The summed E-state index contributed by atoms with van der Waals surface area (Å²) in [5.74, 6) is 5.34. The lowest BCUT2D eigenvalue weighted by Crippen LogP contribution is -2.53. The molecular formula is C33H63N. The molecule has 3 aliphatic rings. The fourth-order valence-corrected chi connectivity index (χ4v) is 8.50. The highest BCUT2D eigenvalue weighted by molar-refractivity contribution is 5.25. The van der Waals surface area contributed by atoms with Gasteiger partial charge >= 0.3 is 0 Å². The minimum Gasteiger partial charge on any atom is -0.317 e. The largest absolute Gasteiger partial charge is 0.317 e. The SMILES string of the molecule is CCC.CC[C@H]1C2CC=C3CC(NC)CCC3(C)[C@H]2CCC1(C)C(C)CC(C)CCCC(C)C. The first-order valence-electron chi connectivity index (χ1n) is 15.4. The Balaban J connectivity index is 0.00000129. The van der Waals surface area contributed by atoms with E-state index < -0.39 is 0 Å². The molecule has 0 aliphatic heterocycles. The van der Waals surface area contributed by atoms with Crippen molar-refractivity contribution in [1.82, 2.24) is 5.32 Å². The fourth-order valence-electron chi connectivity index (χ4n) is 8.50. The minimum absolute atomic E-state index is 0.485. The highest BCUT2D eigenvalue weighted by atomic mass is 14.9.